The Morgan fingerprint density at radius 2 is 2.08 bits per heavy atom. The number of hydrogen-bond acceptors (Lipinski definition) is 8. The molecule has 0 amide bonds. The topological polar surface area (TPSA) is 105 Å². The summed E-state index contributed by atoms with van der Waals surface area (Å²) in [7, 11) is 1.68. The second-order valence-corrected chi connectivity index (χ2v) is 5.67. The quantitative estimate of drug-likeness (QED) is 0.688. The highest BCUT2D eigenvalue weighted by Crippen LogP contribution is 2.21. The molecule has 1 fully saturated rings. The van der Waals surface area contributed by atoms with Gasteiger partial charge in [0.25, 0.3) is 0 Å². The Kier molecular flexibility index (Phi) is 4.36. The van der Waals surface area contributed by atoms with Crippen LogP contribution in [0.2, 0.25) is 0 Å². The van der Waals surface area contributed by atoms with Crippen molar-refractivity contribution < 1.29 is 9.47 Å². The lowest BCUT2D eigenvalue weighted by Gasteiger charge is -2.15. The number of benzene rings is 1. The van der Waals surface area contributed by atoms with Crippen molar-refractivity contribution >= 4 is 5.95 Å². The van der Waals surface area contributed by atoms with Gasteiger partial charge in [0.1, 0.15) is 17.8 Å². The van der Waals surface area contributed by atoms with Gasteiger partial charge in [0.05, 0.1) is 31.6 Å². The molecule has 10 heteroatoms. The van der Waals surface area contributed by atoms with Gasteiger partial charge in [-0.05, 0) is 22.6 Å². The number of aromatic nitrogens is 7. The second kappa shape index (κ2) is 6.95. The lowest BCUT2D eigenvalue weighted by Crippen LogP contribution is -2.24. The van der Waals surface area contributed by atoms with E-state index in [1.165, 1.54) is 0 Å². The van der Waals surface area contributed by atoms with Crippen LogP contribution in [0, 0.1) is 0 Å². The first-order valence-electron chi connectivity index (χ1n) is 7.94. The molecule has 4 rings (SSSR count). The maximum atomic E-state index is 5.45. The van der Waals surface area contributed by atoms with Crippen LogP contribution in [-0.2, 0) is 16.0 Å². The predicted molar refractivity (Wildman–Crippen MR) is 87.2 cm³/mol. The lowest BCUT2D eigenvalue weighted by atomic mass is 10.2. The molecule has 1 aliphatic heterocycles. The van der Waals surface area contributed by atoms with Gasteiger partial charge in [-0.3, -0.25) is 0 Å². The molecule has 1 aliphatic rings. The summed E-state index contributed by atoms with van der Waals surface area (Å²) in [5.41, 5.74) is 1.66. The summed E-state index contributed by atoms with van der Waals surface area (Å²) in [5.74, 6) is 0.541. The molecule has 10 nitrogen and oxygen atoms in total. The van der Waals surface area contributed by atoms with Gasteiger partial charge < -0.3 is 14.8 Å². The van der Waals surface area contributed by atoms with E-state index in [0.717, 1.165) is 11.4 Å². The fourth-order valence-electron chi connectivity index (χ4n) is 2.76. The highest BCUT2D eigenvalue weighted by molar-refractivity contribution is 5.38. The first kappa shape index (κ1) is 15.7. The first-order valence-corrected chi connectivity index (χ1v) is 7.94. The molecule has 25 heavy (non-hydrogen) atoms. The zero-order valence-electron chi connectivity index (χ0n) is 13.7. The van der Waals surface area contributed by atoms with Crippen LogP contribution in [-0.4, -0.2) is 61.6 Å². The van der Waals surface area contributed by atoms with E-state index in [9.17, 15) is 0 Å². The zero-order chi connectivity index (χ0) is 17.1. The van der Waals surface area contributed by atoms with Gasteiger partial charge in [-0.15, -0.1) is 5.10 Å². The highest BCUT2D eigenvalue weighted by atomic mass is 16.5. The van der Waals surface area contributed by atoms with Crippen molar-refractivity contribution in [2.45, 2.75) is 18.7 Å². The summed E-state index contributed by atoms with van der Waals surface area (Å²) >= 11 is 0. The number of nitrogens with zero attached hydrogens (tertiary/aromatic N) is 7. The van der Waals surface area contributed by atoms with Gasteiger partial charge in [0.2, 0.25) is 5.95 Å². The Balaban J connectivity index is 1.44. The number of anilines is 1. The Bertz CT molecular complexity index is 818. The third kappa shape index (κ3) is 3.21. The van der Waals surface area contributed by atoms with E-state index in [4.69, 9.17) is 9.47 Å². The number of para-hydroxylation sites is 1. The van der Waals surface area contributed by atoms with Gasteiger partial charge in [-0.25, -0.2) is 4.68 Å². The molecule has 1 aromatic carbocycles. The van der Waals surface area contributed by atoms with Crippen molar-refractivity contribution in [1.29, 1.82) is 0 Å². The van der Waals surface area contributed by atoms with E-state index in [2.05, 4.69) is 31.2 Å². The van der Waals surface area contributed by atoms with Crippen LogP contribution in [0.15, 0.2) is 36.5 Å². The molecule has 1 saturated heterocycles. The van der Waals surface area contributed by atoms with Crippen molar-refractivity contribution in [3.63, 3.8) is 0 Å². The van der Waals surface area contributed by atoms with Crippen LogP contribution in [0.1, 0.15) is 11.7 Å². The number of nitrogens with one attached hydrogen (secondary N) is 1. The van der Waals surface area contributed by atoms with E-state index in [-0.39, 0.29) is 12.1 Å². The standard InChI is InChI=1S/C15H18N8O2/c1-24-14-10-25-9-13(14)22-8-11(17-20-22)7-16-15-18-19-21-23(15)12-5-3-2-4-6-12/h2-6,8,13-14H,7,9-10H2,1H3,(H,16,18,21)/t13-,14-/m1/s1. The van der Waals surface area contributed by atoms with Crippen LogP contribution in [0.4, 0.5) is 5.95 Å². The van der Waals surface area contributed by atoms with E-state index < -0.39 is 0 Å². The maximum Gasteiger partial charge on any atom is 0.248 e. The van der Waals surface area contributed by atoms with Crippen LogP contribution in [0.5, 0.6) is 0 Å². The highest BCUT2D eigenvalue weighted by Gasteiger charge is 2.30. The normalized spacial score (nSPS) is 20.0. The Morgan fingerprint density at radius 1 is 1.20 bits per heavy atom. The van der Waals surface area contributed by atoms with Crippen LogP contribution < -0.4 is 5.32 Å². The minimum absolute atomic E-state index is 0.00658. The van der Waals surface area contributed by atoms with Gasteiger partial charge in [0, 0.05) is 7.11 Å². The number of ether oxygens (including phenoxy) is 2. The fraction of sp³-hybridized carbons (Fsp3) is 0.400. The van der Waals surface area contributed by atoms with Crippen molar-refractivity contribution in [2.24, 2.45) is 0 Å². The number of hydrogen-bond donors (Lipinski definition) is 1. The molecular formula is C15H18N8O2. The van der Waals surface area contributed by atoms with Gasteiger partial charge in [0.15, 0.2) is 0 Å². The van der Waals surface area contributed by atoms with E-state index in [1.807, 2.05) is 36.5 Å². The van der Waals surface area contributed by atoms with Crippen molar-refractivity contribution in [3.05, 3.63) is 42.2 Å². The summed E-state index contributed by atoms with van der Waals surface area (Å²) in [6, 6.07) is 9.72. The average Bonchev–Trinajstić information content (AvgIpc) is 3.39. The van der Waals surface area contributed by atoms with Gasteiger partial charge in [-0.2, -0.15) is 4.68 Å². The molecule has 0 unspecified atom stereocenters. The summed E-state index contributed by atoms with van der Waals surface area (Å²) in [4.78, 5) is 0. The minimum atomic E-state index is -0.00658. The van der Waals surface area contributed by atoms with Crippen LogP contribution >= 0.6 is 0 Å². The third-order valence-corrected chi connectivity index (χ3v) is 4.10. The number of rotatable bonds is 6. The summed E-state index contributed by atoms with van der Waals surface area (Å²) < 4.78 is 14.3. The molecule has 3 heterocycles. The predicted octanol–water partition coefficient (Wildman–Crippen LogP) is 0.452. The zero-order valence-corrected chi connectivity index (χ0v) is 13.7. The van der Waals surface area contributed by atoms with E-state index in [1.54, 1.807) is 16.5 Å². The minimum Gasteiger partial charge on any atom is -0.377 e. The van der Waals surface area contributed by atoms with Crippen molar-refractivity contribution in [1.82, 2.24) is 35.2 Å². The molecule has 2 aromatic heterocycles. The Hall–Kier alpha value is -2.85. The van der Waals surface area contributed by atoms with Crippen LogP contribution in [0.25, 0.3) is 5.69 Å². The summed E-state index contributed by atoms with van der Waals surface area (Å²) in [6.07, 6.45) is 1.88. The molecule has 0 spiro atoms. The molecule has 0 radical (unpaired) electrons. The molecule has 0 saturated carbocycles. The van der Waals surface area contributed by atoms with Gasteiger partial charge in [-0.1, -0.05) is 28.5 Å². The Labute approximate surface area is 143 Å². The molecule has 3 aromatic rings. The molecule has 0 bridgehead atoms. The molecular weight excluding hydrogens is 324 g/mol. The van der Waals surface area contributed by atoms with Crippen molar-refractivity contribution in [3.8, 4) is 5.69 Å². The molecule has 130 valence electrons. The van der Waals surface area contributed by atoms with E-state index in [0.29, 0.717) is 25.7 Å². The molecule has 2 atom stereocenters. The summed E-state index contributed by atoms with van der Waals surface area (Å²) in [6.45, 7) is 1.60. The largest absolute Gasteiger partial charge is 0.377 e. The third-order valence-electron chi connectivity index (χ3n) is 4.10. The molecule has 0 aliphatic carbocycles. The second-order valence-electron chi connectivity index (χ2n) is 5.67. The lowest BCUT2D eigenvalue weighted by molar-refractivity contribution is 0.0661. The number of tetrazole rings is 1. The smallest absolute Gasteiger partial charge is 0.248 e. The van der Waals surface area contributed by atoms with Crippen LogP contribution in [0.3, 0.4) is 0 Å². The average molecular weight is 342 g/mol. The van der Waals surface area contributed by atoms with Gasteiger partial charge >= 0.3 is 0 Å². The van der Waals surface area contributed by atoms with Crippen molar-refractivity contribution in [2.75, 3.05) is 25.6 Å². The number of methoxy groups -OCH3 is 1. The summed E-state index contributed by atoms with van der Waals surface area (Å²) in [5, 5.41) is 23.3. The molecule has 1 N–H and O–H groups in total. The maximum absolute atomic E-state index is 5.45. The monoisotopic (exact) mass is 342 g/mol. The van der Waals surface area contributed by atoms with E-state index >= 15 is 0 Å². The Morgan fingerprint density at radius 3 is 2.92 bits per heavy atom. The SMILES string of the molecule is CO[C@@H]1COC[C@H]1n1cc(CNc2nnnn2-c2ccccc2)nn1. The first-order chi connectivity index (χ1) is 12.3. The fourth-order valence-corrected chi connectivity index (χ4v) is 2.76.